The summed E-state index contributed by atoms with van der Waals surface area (Å²) < 4.78 is 15.8. The van der Waals surface area contributed by atoms with Gasteiger partial charge in [-0.25, -0.2) is 9.59 Å². The highest BCUT2D eigenvalue weighted by molar-refractivity contribution is 5.86. The van der Waals surface area contributed by atoms with Crippen LogP contribution in [0.4, 0.5) is 4.79 Å². The van der Waals surface area contributed by atoms with E-state index in [2.05, 4.69) is 5.32 Å². The van der Waals surface area contributed by atoms with E-state index in [1.54, 1.807) is 34.6 Å². The Balaban J connectivity index is 2.82. The van der Waals surface area contributed by atoms with E-state index in [1.807, 2.05) is 30.3 Å². The van der Waals surface area contributed by atoms with Crippen LogP contribution in [0.25, 0.3) is 0 Å². The normalized spacial score (nSPS) is 15.1. The number of hydrogen-bond donors (Lipinski definition) is 1. The minimum atomic E-state index is -1.37. The zero-order chi connectivity index (χ0) is 18.4. The molecule has 0 aliphatic heterocycles. The molecule has 1 N–H and O–H groups in total. The number of rotatable bonds is 6. The Hall–Kier alpha value is -2.08. The lowest BCUT2D eigenvalue weighted by molar-refractivity contribution is -0.155. The fourth-order valence-corrected chi connectivity index (χ4v) is 2.01. The van der Waals surface area contributed by atoms with E-state index in [-0.39, 0.29) is 0 Å². The van der Waals surface area contributed by atoms with Gasteiger partial charge in [-0.3, -0.25) is 0 Å². The molecule has 24 heavy (non-hydrogen) atoms. The summed E-state index contributed by atoms with van der Waals surface area (Å²) in [5.74, 6) is -0.603. The predicted molar refractivity (Wildman–Crippen MR) is 90.5 cm³/mol. The van der Waals surface area contributed by atoms with Gasteiger partial charge in [0, 0.05) is 0 Å². The molecular weight excluding hydrogens is 310 g/mol. The number of amides is 1. The number of esters is 1. The molecule has 134 valence electrons. The highest BCUT2D eigenvalue weighted by Gasteiger charge is 2.43. The Kier molecular flexibility index (Phi) is 6.78. The van der Waals surface area contributed by atoms with Gasteiger partial charge in [0.25, 0.3) is 0 Å². The van der Waals surface area contributed by atoms with Crippen LogP contribution in [-0.2, 0) is 25.6 Å². The van der Waals surface area contributed by atoms with Gasteiger partial charge in [0.1, 0.15) is 5.60 Å². The number of nitrogens with one attached hydrogen (secondary N) is 1. The van der Waals surface area contributed by atoms with E-state index in [0.29, 0.717) is 6.61 Å². The van der Waals surface area contributed by atoms with Crippen LogP contribution in [0.15, 0.2) is 30.3 Å². The Morgan fingerprint density at radius 1 is 1.12 bits per heavy atom. The molecule has 2 atom stereocenters. The molecular formula is C18H27NO5. The first-order valence-electron chi connectivity index (χ1n) is 7.83. The Morgan fingerprint density at radius 3 is 2.21 bits per heavy atom. The van der Waals surface area contributed by atoms with Crippen molar-refractivity contribution in [1.29, 1.82) is 0 Å². The second kappa shape index (κ2) is 8.15. The molecule has 0 aliphatic rings. The van der Waals surface area contributed by atoms with Gasteiger partial charge in [-0.05, 0) is 40.2 Å². The molecule has 1 aromatic rings. The molecule has 1 rings (SSSR count). The zero-order valence-electron chi connectivity index (χ0n) is 15.2. The summed E-state index contributed by atoms with van der Waals surface area (Å²) >= 11 is 0. The number of ether oxygens (including phenoxy) is 3. The smallest absolute Gasteiger partial charge is 0.408 e. The molecule has 0 saturated carbocycles. The number of methoxy groups -OCH3 is 1. The Morgan fingerprint density at radius 2 is 1.71 bits per heavy atom. The van der Waals surface area contributed by atoms with E-state index in [1.165, 1.54) is 7.11 Å². The molecule has 6 heteroatoms. The van der Waals surface area contributed by atoms with Gasteiger partial charge in [0.05, 0.1) is 19.8 Å². The first kappa shape index (κ1) is 20.0. The molecule has 0 spiro atoms. The molecule has 1 amide bonds. The molecule has 0 heterocycles. The van der Waals surface area contributed by atoms with Gasteiger partial charge >= 0.3 is 12.1 Å². The lowest BCUT2D eigenvalue weighted by Crippen LogP contribution is -2.60. The second-order valence-electron chi connectivity index (χ2n) is 6.76. The fraction of sp³-hybridized carbons (Fsp3) is 0.556. The van der Waals surface area contributed by atoms with Gasteiger partial charge in [-0.15, -0.1) is 0 Å². The molecule has 6 nitrogen and oxygen atoms in total. The van der Waals surface area contributed by atoms with Gasteiger partial charge in [-0.1, -0.05) is 30.3 Å². The van der Waals surface area contributed by atoms with Gasteiger partial charge < -0.3 is 19.5 Å². The van der Waals surface area contributed by atoms with Gasteiger partial charge in [-0.2, -0.15) is 0 Å². The first-order chi connectivity index (χ1) is 11.1. The highest BCUT2D eigenvalue weighted by Crippen LogP contribution is 2.19. The number of hydrogen-bond acceptors (Lipinski definition) is 5. The van der Waals surface area contributed by atoms with Crippen LogP contribution in [0.1, 0.15) is 40.2 Å². The van der Waals surface area contributed by atoms with Crippen molar-refractivity contribution in [1.82, 2.24) is 5.32 Å². The van der Waals surface area contributed by atoms with Crippen molar-refractivity contribution < 1.29 is 23.8 Å². The van der Waals surface area contributed by atoms with E-state index >= 15 is 0 Å². The molecule has 0 fully saturated rings. The van der Waals surface area contributed by atoms with Crippen LogP contribution in [0.2, 0.25) is 0 Å². The summed E-state index contributed by atoms with van der Waals surface area (Å²) in [4.78, 5) is 24.3. The molecule has 1 unspecified atom stereocenters. The lowest BCUT2D eigenvalue weighted by atomic mass is 9.96. The summed E-state index contributed by atoms with van der Waals surface area (Å²) in [5, 5.41) is 2.58. The molecule has 0 bridgehead atoms. The highest BCUT2D eigenvalue weighted by atomic mass is 16.6. The maximum Gasteiger partial charge on any atom is 0.408 e. The SMILES string of the molecule is COC(=O)C(C)(NC(=O)OC(C)(C)C)[C@@H](C)OCc1ccccc1. The summed E-state index contributed by atoms with van der Waals surface area (Å²) in [6.45, 7) is 8.81. The second-order valence-corrected chi connectivity index (χ2v) is 6.76. The first-order valence-corrected chi connectivity index (χ1v) is 7.83. The van der Waals surface area contributed by atoms with Crippen molar-refractivity contribution in [2.24, 2.45) is 0 Å². The maximum absolute atomic E-state index is 12.2. The summed E-state index contributed by atoms with van der Waals surface area (Å²) in [7, 11) is 1.27. The number of alkyl carbamates (subject to hydrolysis) is 1. The van der Waals surface area contributed by atoms with E-state index in [4.69, 9.17) is 14.2 Å². The number of carbonyl (C=O) groups is 2. The summed E-state index contributed by atoms with van der Waals surface area (Å²) in [5.41, 5.74) is -1.07. The Bertz CT molecular complexity index is 552. The zero-order valence-corrected chi connectivity index (χ0v) is 15.2. The topological polar surface area (TPSA) is 73.9 Å². The van der Waals surface area contributed by atoms with Crippen molar-refractivity contribution in [2.75, 3.05) is 7.11 Å². The van der Waals surface area contributed by atoms with Crippen LogP contribution in [0.3, 0.4) is 0 Å². The molecule has 0 aromatic heterocycles. The molecule has 1 aromatic carbocycles. The van der Waals surface area contributed by atoms with E-state index in [9.17, 15) is 9.59 Å². The molecule has 0 radical (unpaired) electrons. The quantitative estimate of drug-likeness (QED) is 0.808. The third kappa shape index (κ3) is 5.85. The van der Waals surface area contributed by atoms with Crippen LogP contribution < -0.4 is 5.32 Å². The third-order valence-corrected chi connectivity index (χ3v) is 3.53. The standard InChI is InChI=1S/C18H27NO5/c1-13(23-12-14-10-8-7-9-11-14)18(5,15(20)22-6)19-16(21)24-17(2,3)4/h7-11,13H,12H2,1-6H3,(H,19,21)/t13-,18?/m1/s1. The lowest BCUT2D eigenvalue weighted by Gasteiger charge is -2.34. The van der Waals surface area contributed by atoms with E-state index < -0.39 is 29.3 Å². The third-order valence-electron chi connectivity index (χ3n) is 3.53. The van der Waals surface area contributed by atoms with Crippen molar-refractivity contribution in [3.8, 4) is 0 Å². The number of carbonyl (C=O) groups excluding carboxylic acids is 2. The minimum absolute atomic E-state index is 0.310. The van der Waals surface area contributed by atoms with Crippen LogP contribution in [0.5, 0.6) is 0 Å². The van der Waals surface area contributed by atoms with Crippen LogP contribution in [0, 0.1) is 0 Å². The van der Waals surface area contributed by atoms with E-state index in [0.717, 1.165) is 5.56 Å². The largest absolute Gasteiger partial charge is 0.467 e. The number of benzene rings is 1. The predicted octanol–water partition coefficient (Wildman–Crippen LogP) is 3.05. The molecule has 0 aliphatic carbocycles. The Labute approximate surface area is 143 Å². The summed E-state index contributed by atoms with van der Waals surface area (Å²) in [6, 6.07) is 9.56. The fourth-order valence-electron chi connectivity index (χ4n) is 2.01. The van der Waals surface area contributed by atoms with Crippen molar-refractivity contribution in [2.45, 2.75) is 58.5 Å². The average Bonchev–Trinajstić information content (AvgIpc) is 2.50. The van der Waals surface area contributed by atoms with Gasteiger partial charge in [0.2, 0.25) is 0 Å². The minimum Gasteiger partial charge on any atom is -0.467 e. The van der Waals surface area contributed by atoms with Crippen LogP contribution >= 0.6 is 0 Å². The van der Waals surface area contributed by atoms with Crippen molar-refractivity contribution in [3.05, 3.63) is 35.9 Å². The average molecular weight is 337 g/mol. The van der Waals surface area contributed by atoms with Crippen LogP contribution in [-0.4, -0.2) is 36.4 Å². The van der Waals surface area contributed by atoms with Gasteiger partial charge in [0.15, 0.2) is 5.54 Å². The van der Waals surface area contributed by atoms with Crippen molar-refractivity contribution >= 4 is 12.1 Å². The monoisotopic (exact) mass is 337 g/mol. The summed E-state index contributed by atoms with van der Waals surface area (Å²) in [6.07, 6.45) is -1.33. The van der Waals surface area contributed by atoms with Crippen molar-refractivity contribution in [3.63, 3.8) is 0 Å². The molecule has 0 saturated heterocycles. The maximum atomic E-state index is 12.2.